The number of H-pyrrole nitrogens is 1. The lowest BCUT2D eigenvalue weighted by atomic mass is 9.92. The van der Waals surface area contributed by atoms with Gasteiger partial charge in [-0.1, -0.05) is 13.3 Å². The van der Waals surface area contributed by atoms with E-state index >= 15 is 0 Å². The molecule has 2 aromatic rings. The normalized spacial score (nSPS) is 26.7. The van der Waals surface area contributed by atoms with E-state index in [4.69, 9.17) is 0 Å². The third-order valence-corrected chi connectivity index (χ3v) is 7.39. The van der Waals surface area contributed by atoms with E-state index in [2.05, 4.69) is 36.7 Å². The number of hydrogen-bond donors (Lipinski definition) is 3. The Hall–Kier alpha value is -1.94. The zero-order valence-electron chi connectivity index (χ0n) is 16.2. The molecule has 28 heavy (non-hydrogen) atoms. The van der Waals surface area contributed by atoms with Crippen molar-refractivity contribution in [2.45, 2.75) is 57.5 Å². The van der Waals surface area contributed by atoms with Crippen LogP contribution in [-0.2, 0) is 10.0 Å². The lowest BCUT2D eigenvalue weighted by molar-refractivity contribution is 0.445. The van der Waals surface area contributed by atoms with Crippen molar-refractivity contribution in [3.8, 4) is 5.69 Å². The van der Waals surface area contributed by atoms with Crippen LogP contribution in [0.2, 0.25) is 0 Å². The molecular formula is C18H27FN6O2S. The molecule has 1 saturated carbocycles. The van der Waals surface area contributed by atoms with Crippen LogP contribution in [0.4, 0.5) is 10.2 Å². The van der Waals surface area contributed by atoms with Crippen molar-refractivity contribution >= 4 is 15.8 Å². The summed E-state index contributed by atoms with van der Waals surface area (Å²) in [6, 6.07) is 1.87. The van der Waals surface area contributed by atoms with Crippen LogP contribution in [-0.4, -0.2) is 46.6 Å². The molecule has 154 valence electrons. The summed E-state index contributed by atoms with van der Waals surface area (Å²) < 4.78 is 41.7. The molecule has 1 aliphatic carbocycles. The summed E-state index contributed by atoms with van der Waals surface area (Å²) in [5.41, 5.74) is 0.995. The van der Waals surface area contributed by atoms with Gasteiger partial charge in [-0.3, -0.25) is 8.96 Å². The van der Waals surface area contributed by atoms with E-state index < -0.39 is 16.7 Å². The molecule has 0 radical (unpaired) electrons. The van der Waals surface area contributed by atoms with E-state index in [1.54, 1.807) is 0 Å². The Balaban J connectivity index is 1.60. The first-order chi connectivity index (χ1) is 13.4. The maximum Gasteiger partial charge on any atom is 0.211 e. The highest BCUT2D eigenvalue weighted by atomic mass is 32.2. The second-order valence-corrected chi connectivity index (χ2v) is 9.65. The molecule has 1 unspecified atom stereocenters. The fourth-order valence-electron chi connectivity index (χ4n) is 4.57. The summed E-state index contributed by atoms with van der Waals surface area (Å²) >= 11 is 0. The molecule has 0 saturated heterocycles. The molecule has 0 bridgehead atoms. The topological polar surface area (TPSA) is 105 Å². The van der Waals surface area contributed by atoms with Crippen LogP contribution < -0.4 is 10.0 Å². The Morgan fingerprint density at radius 3 is 2.86 bits per heavy atom. The van der Waals surface area contributed by atoms with Crippen molar-refractivity contribution < 1.29 is 12.8 Å². The molecular weight excluding hydrogens is 383 g/mol. The first kappa shape index (κ1) is 19.4. The monoisotopic (exact) mass is 410 g/mol. The summed E-state index contributed by atoms with van der Waals surface area (Å²) in [6.45, 7) is 3.54. The molecule has 0 spiro atoms. The summed E-state index contributed by atoms with van der Waals surface area (Å²) in [6.07, 6.45) is 4.28. The maximum absolute atomic E-state index is 12.4. The van der Waals surface area contributed by atoms with Crippen LogP contribution in [0.3, 0.4) is 0 Å². The summed E-state index contributed by atoms with van der Waals surface area (Å²) in [5, 5.41) is 12.3. The number of nitrogens with one attached hydrogen (secondary N) is 3. The molecule has 8 nitrogen and oxygen atoms in total. The van der Waals surface area contributed by atoms with E-state index in [1.807, 2.05) is 19.2 Å². The highest BCUT2D eigenvalue weighted by Crippen LogP contribution is 2.44. The van der Waals surface area contributed by atoms with Gasteiger partial charge in [0.05, 0.1) is 24.2 Å². The van der Waals surface area contributed by atoms with Crippen molar-refractivity contribution in [3.63, 3.8) is 0 Å². The molecule has 1 aliphatic heterocycles. The van der Waals surface area contributed by atoms with Gasteiger partial charge in [0.2, 0.25) is 10.0 Å². The van der Waals surface area contributed by atoms with Gasteiger partial charge in [-0.25, -0.2) is 13.1 Å². The number of anilines is 1. The third kappa shape index (κ3) is 3.43. The average molecular weight is 411 g/mol. The summed E-state index contributed by atoms with van der Waals surface area (Å²) in [7, 11) is -3.46. The number of aromatic nitrogens is 4. The quantitative estimate of drug-likeness (QED) is 0.651. The summed E-state index contributed by atoms with van der Waals surface area (Å²) in [5.74, 6) is 2.96. The first-order valence-electron chi connectivity index (χ1n) is 9.89. The molecule has 3 heterocycles. The molecule has 2 aromatic heterocycles. The minimum atomic E-state index is -3.46. The Kier molecular flexibility index (Phi) is 5.17. The zero-order valence-corrected chi connectivity index (χ0v) is 17.0. The van der Waals surface area contributed by atoms with E-state index in [0.29, 0.717) is 12.3 Å². The van der Waals surface area contributed by atoms with Gasteiger partial charge in [-0.15, -0.1) is 10.2 Å². The van der Waals surface area contributed by atoms with E-state index in [1.165, 1.54) is 0 Å². The van der Waals surface area contributed by atoms with Gasteiger partial charge in [0, 0.05) is 18.2 Å². The lowest BCUT2D eigenvalue weighted by Crippen LogP contribution is -2.35. The van der Waals surface area contributed by atoms with Crippen LogP contribution in [0.1, 0.15) is 63.1 Å². The number of rotatable bonds is 7. The average Bonchev–Trinajstić information content (AvgIpc) is 3.36. The largest absolute Gasteiger partial charge is 0.360 e. The smallest absolute Gasteiger partial charge is 0.211 e. The van der Waals surface area contributed by atoms with Gasteiger partial charge < -0.3 is 10.3 Å². The molecule has 4 rings (SSSR count). The van der Waals surface area contributed by atoms with Crippen molar-refractivity contribution in [1.29, 1.82) is 0 Å². The number of fused-ring (bicyclic) bond motifs is 3. The van der Waals surface area contributed by atoms with Crippen LogP contribution in [0.5, 0.6) is 0 Å². The first-order valence-corrected chi connectivity index (χ1v) is 11.5. The number of halogens is 1. The van der Waals surface area contributed by atoms with Crippen LogP contribution >= 0.6 is 0 Å². The minimum Gasteiger partial charge on any atom is -0.360 e. The molecule has 3 N–H and O–H groups in total. The van der Waals surface area contributed by atoms with Gasteiger partial charge in [0.15, 0.2) is 5.82 Å². The predicted molar refractivity (Wildman–Crippen MR) is 105 cm³/mol. The fraction of sp³-hybridized carbons (Fsp3) is 0.667. The molecule has 4 atom stereocenters. The molecule has 1 fully saturated rings. The van der Waals surface area contributed by atoms with Crippen molar-refractivity contribution in [2.24, 2.45) is 5.92 Å². The number of sulfonamides is 1. The number of hydrogen-bond acceptors (Lipinski definition) is 5. The molecule has 0 aromatic carbocycles. The van der Waals surface area contributed by atoms with E-state index in [-0.39, 0.29) is 30.2 Å². The van der Waals surface area contributed by atoms with Gasteiger partial charge in [0.1, 0.15) is 11.6 Å². The molecule has 10 heteroatoms. The Morgan fingerprint density at radius 2 is 2.11 bits per heavy atom. The second kappa shape index (κ2) is 7.47. The van der Waals surface area contributed by atoms with Gasteiger partial charge in [-0.05, 0) is 38.2 Å². The standard InChI is InChI=1S/C18H27FN6O2S/c1-3-12-9-13(24-28(26,27)8-4-6-19)10-14(12)18-23-22-17-11(2)21-16-15(25(17)18)5-7-20-16/h5,7,11-14,20-21,24H,3-4,6,8-10H2,1-2H3/t11?,12-,13+,14+/m1/s1. The van der Waals surface area contributed by atoms with Crippen LogP contribution in [0.15, 0.2) is 12.3 Å². The zero-order chi connectivity index (χ0) is 19.9. The Bertz CT molecular complexity index is 940. The number of alkyl halides is 1. The van der Waals surface area contributed by atoms with Crippen molar-refractivity contribution in [1.82, 2.24) is 24.5 Å². The Labute approximate surface area is 164 Å². The van der Waals surface area contributed by atoms with Crippen LogP contribution in [0.25, 0.3) is 5.69 Å². The van der Waals surface area contributed by atoms with Gasteiger partial charge in [0.25, 0.3) is 0 Å². The number of aromatic amines is 1. The maximum atomic E-state index is 12.4. The number of nitrogens with zero attached hydrogens (tertiary/aromatic N) is 3. The highest BCUT2D eigenvalue weighted by molar-refractivity contribution is 7.89. The van der Waals surface area contributed by atoms with Crippen LogP contribution in [0, 0.1) is 5.92 Å². The van der Waals surface area contributed by atoms with E-state index in [9.17, 15) is 12.8 Å². The lowest BCUT2D eigenvalue weighted by Gasteiger charge is -2.25. The molecule has 0 amide bonds. The predicted octanol–water partition coefficient (Wildman–Crippen LogP) is 2.63. The fourth-order valence-corrected chi connectivity index (χ4v) is 5.87. The van der Waals surface area contributed by atoms with Gasteiger partial charge in [-0.2, -0.15) is 0 Å². The molecule has 2 aliphatic rings. The third-order valence-electron chi connectivity index (χ3n) is 5.87. The van der Waals surface area contributed by atoms with Gasteiger partial charge >= 0.3 is 0 Å². The second-order valence-electron chi connectivity index (χ2n) is 7.78. The van der Waals surface area contributed by atoms with Crippen molar-refractivity contribution in [2.75, 3.05) is 17.7 Å². The minimum absolute atomic E-state index is 0.0293. The Morgan fingerprint density at radius 1 is 1.32 bits per heavy atom. The van der Waals surface area contributed by atoms with E-state index in [0.717, 1.165) is 36.0 Å². The highest BCUT2D eigenvalue weighted by Gasteiger charge is 2.40. The van der Waals surface area contributed by atoms with Crippen molar-refractivity contribution in [3.05, 3.63) is 23.9 Å². The SMILES string of the molecule is CC[C@@H]1C[C@H](NS(=O)(=O)CCCF)C[C@@H]1c1nnc2n1-c1cc[nH]c1NC2C. The summed E-state index contributed by atoms with van der Waals surface area (Å²) in [4.78, 5) is 3.21.